The van der Waals surface area contributed by atoms with Crippen LogP contribution >= 0.6 is 0 Å². The van der Waals surface area contributed by atoms with Crippen molar-refractivity contribution in [2.24, 2.45) is 22.2 Å². The minimum Gasteiger partial charge on any atom is -0.370 e. The van der Waals surface area contributed by atoms with Gasteiger partial charge in [0.1, 0.15) is 0 Å². The van der Waals surface area contributed by atoms with E-state index < -0.39 is 0 Å². The summed E-state index contributed by atoms with van der Waals surface area (Å²) in [5.74, 6) is 0.137. The van der Waals surface area contributed by atoms with Crippen molar-refractivity contribution in [3.8, 4) is 0 Å². The highest BCUT2D eigenvalue weighted by molar-refractivity contribution is 5.75. The summed E-state index contributed by atoms with van der Waals surface area (Å²) < 4.78 is 0. The van der Waals surface area contributed by atoms with E-state index in [0.29, 0.717) is 13.1 Å². The summed E-state index contributed by atoms with van der Waals surface area (Å²) in [5.41, 5.74) is 15.2. The van der Waals surface area contributed by atoms with Gasteiger partial charge in [-0.3, -0.25) is 4.99 Å². The molecular weight excluding hydrogens is 104 g/mol. The maximum Gasteiger partial charge on any atom is 0.185 e. The van der Waals surface area contributed by atoms with Crippen molar-refractivity contribution in [1.82, 2.24) is 0 Å². The molecule has 4 heteroatoms. The number of nitrogens with zero attached hydrogens (tertiary/aromatic N) is 1. The molecule has 0 bridgehead atoms. The Hall–Kier alpha value is -0.770. The molecule has 0 radical (unpaired) electrons. The van der Waals surface area contributed by atoms with Gasteiger partial charge in [0, 0.05) is 6.54 Å². The molecule has 0 rings (SSSR count). The molecule has 0 heterocycles. The maximum atomic E-state index is 5.16. The quantitative estimate of drug-likeness (QED) is 0.241. The number of rotatable bonds is 3. The van der Waals surface area contributed by atoms with Gasteiger partial charge in [-0.25, -0.2) is 0 Å². The molecule has 8 heavy (non-hydrogen) atoms. The van der Waals surface area contributed by atoms with Crippen molar-refractivity contribution in [3.63, 3.8) is 0 Å². The summed E-state index contributed by atoms with van der Waals surface area (Å²) in [5, 5.41) is 0. The van der Waals surface area contributed by atoms with Crippen LogP contribution in [0.3, 0.4) is 0 Å². The Morgan fingerprint density at radius 2 is 2.00 bits per heavy atom. The zero-order valence-corrected chi connectivity index (χ0v) is 4.80. The molecule has 0 fully saturated rings. The standard InChI is InChI=1S/C4H12N4/c5-2-1-3-8-4(6)7/h1-3,5H2,(H4,6,7,8). The first-order valence-electron chi connectivity index (χ1n) is 2.53. The molecule has 0 saturated carbocycles. The molecule has 0 aliphatic heterocycles. The third-order valence-corrected chi connectivity index (χ3v) is 0.657. The molecule has 0 aliphatic carbocycles. The first-order chi connectivity index (χ1) is 3.77. The minimum atomic E-state index is 0.137. The number of aliphatic imine (C=N–C) groups is 1. The summed E-state index contributed by atoms with van der Waals surface area (Å²) in [6, 6.07) is 0. The first-order valence-corrected chi connectivity index (χ1v) is 2.53. The Labute approximate surface area is 48.7 Å². The van der Waals surface area contributed by atoms with Crippen LogP contribution in [0.5, 0.6) is 0 Å². The molecule has 0 amide bonds. The average molecular weight is 116 g/mol. The Balaban J connectivity index is 3.03. The van der Waals surface area contributed by atoms with E-state index in [4.69, 9.17) is 17.2 Å². The number of guanidine groups is 1. The summed E-state index contributed by atoms with van der Waals surface area (Å²) in [4.78, 5) is 3.71. The van der Waals surface area contributed by atoms with Gasteiger partial charge >= 0.3 is 0 Å². The molecule has 6 N–H and O–H groups in total. The first kappa shape index (κ1) is 7.23. The van der Waals surface area contributed by atoms with Gasteiger partial charge < -0.3 is 17.2 Å². The fraction of sp³-hybridized carbons (Fsp3) is 0.750. The van der Waals surface area contributed by atoms with Gasteiger partial charge in [0.05, 0.1) is 0 Å². The highest BCUT2D eigenvalue weighted by atomic mass is 15.0. The topological polar surface area (TPSA) is 90.4 Å². The predicted molar refractivity (Wildman–Crippen MR) is 34.3 cm³/mol. The third-order valence-electron chi connectivity index (χ3n) is 0.657. The van der Waals surface area contributed by atoms with Crippen molar-refractivity contribution in [2.75, 3.05) is 13.1 Å². The van der Waals surface area contributed by atoms with Crippen LogP contribution in [0.1, 0.15) is 6.42 Å². The second-order valence-electron chi connectivity index (χ2n) is 1.45. The lowest BCUT2D eigenvalue weighted by atomic mass is 10.4. The number of nitrogens with two attached hydrogens (primary N) is 3. The van der Waals surface area contributed by atoms with Gasteiger partial charge in [0.25, 0.3) is 0 Å². The molecule has 0 aliphatic rings. The SMILES string of the molecule is NCCCN=C(N)N. The Morgan fingerprint density at radius 1 is 1.38 bits per heavy atom. The van der Waals surface area contributed by atoms with E-state index in [1.54, 1.807) is 0 Å². The van der Waals surface area contributed by atoms with Gasteiger partial charge in [-0.15, -0.1) is 0 Å². The van der Waals surface area contributed by atoms with Crippen LogP contribution < -0.4 is 17.2 Å². The predicted octanol–water partition coefficient (Wildman–Crippen LogP) is -1.39. The van der Waals surface area contributed by atoms with Crippen molar-refractivity contribution in [2.45, 2.75) is 6.42 Å². The van der Waals surface area contributed by atoms with Crippen LogP contribution in [-0.4, -0.2) is 19.0 Å². The van der Waals surface area contributed by atoms with Crippen LogP contribution in [0.2, 0.25) is 0 Å². The number of hydrogen-bond donors (Lipinski definition) is 3. The van der Waals surface area contributed by atoms with E-state index >= 15 is 0 Å². The molecule has 0 spiro atoms. The molecule has 4 nitrogen and oxygen atoms in total. The van der Waals surface area contributed by atoms with Crippen molar-refractivity contribution < 1.29 is 0 Å². The van der Waals surface area contributed by atoms with Gasteiger partial charge in [-0.05, 0) is 13.0 Å². The Bertz CT molecular complexity index is 74.1. The van der Waals surface area contributed by atoms with Crippen molar-refractivity contribution >= 4 is 5.96 Å². The average Bonchev–Trinajstić information content (AvgIpc) is 1.66. The minimum absolute atomic E-state index is 0.137. The van der Waals surface area contributed by atoms with E-state index in [0.717, 1.165) is 6.42 Å². The largest absolute Gasteiger partial charge is 0.370 e. The van der Waals surface area contributed by atoms with Crippen LogP contribution in [0.25, 0.3) is 0 Å². The molecule has 0 aromatic carbocycles. The fourth-order valence-electron chi connectivity index (χ4n) is 0.299. The summed E-state index contributed by atoms with van der Waals surface area (Å²) in [7, 11) is 0. The summed E-state index contributed by atoms with van der Waals surface area (Å²) in [6.45, 7) is 1.27. The molecule has 0 atom stereocenters. The second kappa shape index (κ2) is 4.39. The lowest BCUT2D eigenvalue weighted by Crippen LogP contribution is -2.23. The zero-order chi connectivity index (χ0) is 6.41. The van der Waals surface area contributed by atoms with E-state index in [-0.39, 0.29) is 5.96 Å². The molecular formula is C4H12N4. The molecule has 48 valence electrons. The summed E-state index contributed by atoms with van der Waals surface area (Å²) >= 11 is 0. The van der Waals surface area contributed by atoms with E-state index in [1.807, 2.05) is 0 Å². The smallest absolute Gasteiger partial charge is 0.185 e. The van der Waals surface area contributed by atoms with Crippen LogP contribution in [0.15, 0.2) is 4.99 Å². The monoisotopic (exact) mass is 116 g/mol. The van der Waals surface area contributed by atoms with Gasteiger partial charge in [-0.1, -0.05) is 0 Å². The zero-order valence-electron chi connectivity index (χ0n) is 4.80. The fourth-order valence-corrected chi connectivity index (χ4v) is 0.299. The highest BCUT2D eigenvalue weighted by Crippen LogP contribution is 1.73. The lowest BCUT2D eigenvalue weighted by Gasteiger charge is -1.89. The molecule has 0 unspecified atom stereocenters. The van der Waals surface area contributed by atoms with Crippen molar-refractivity contribution in [3.05, 3.63) is 0 Å². The lowest BCUT2D eigenvalue weighted by molar-refractivity contribution is 0.842. The van der Waals surface area contributed by atoms with E-state index in [1.165, 1.54) is 0 Å². The van der Waals surface area contributed by atoms with Gasteiger partial charge in [0.2, 0.25) is 0 Å². The van der Waals surface area contributed by atoms with Gasteiger partial charge in [-0.2, -0.15) is 0 Å². The van der Waals surface area contributed by atoms with E-state index in [9.17, 15) is 0 Å². The highest BCUT2D eigenvalue weighted by Gasteiger charge is 1.79. The Morgan fingerprint density at radius 3 is 2.38 bits per heavy atom. The van der Waals surface area contributed by atoms with Crippen LogP contribution in [-0.2, 0) is 0 Å². The molecule has 0 saturated heterocycles. The normalized spacial score (nSPS) is 8.62. The third kappa shape index (κ3) is 5.23. The second-order valence-corrected chi connectivity index (χ2v) is 1.45. The Kier molecular flexibility index (Phi) is 3.97. The van der Waals surface area contributed by atoms with Crippen LogP contribution in [0, 0.1) is 0 Å². The van der Waals surface area contributed by atoms with E-state index in [2.05, 4.69) is 4.99 Å². The number of hydrogen-bond acceptors (Lipinski definition) is 2. The molecule has 0 aromatic heterocycles. The maximum absolute atomic E-state index is 5.16. The van der Waals surface area contributed by atoms with Gasteiger partial charge in [0.15, 0.2) is 5.96 Å². The summed E-state index contributed by atoms with van der Waals surface area (Å²) in [6.07, 6.45) is 0.845. The van der Waals surface area contributed by atoms with Crippen LogP contribution in [0.4, 0.5) is 0 Å². The van der Waals surface area contributed by atoms with Crippen molar-refractivity contribution in [1.29, 1.82) is 0 Å². The molecule has 0 aromatic rings.